The van der Waals surface area contributed by atoms with Crippen LogP contribution in [0.1, 0.15) is 42.1 Å². The summed E-state index contributed by atoms with van der Waals surface area (Å²) < 4.78 is 31.9. The zero-order valence-electron chi connectivity index (χ0n) is 13.1. The van der Waals surface area contributed by atoms with Crippen LogP contribution in [0.4, 0.5) is 14.5 Å². The highest BCUT2D eigenvalue weighted by molar-refractivity contribution is 5.91. The monoisotopic (exact) mass is 335 g/mol. The van der Waals surface area contributed by atoms with E-state index in [0.717, 1.165) is 12.0 Å². The highest BCUT2D eigenvalue weighted by Crippen LogP contribution is 2.27. The molecule has 0 aliphatic rings. The molecule has 1 unspecified atom stereocenters. The second kappa shape index (κ2) is 7.16. The van der Waals surface area contributed by atoms with Crippen LogP contribution in [0.15, 0.2) is 36.4 Å². The van der Waals surface area contributed by atoms with Gasteiger partial charge in [0.15, 0.2) is 0 Å². The van der Waals surface area contributed by atoms with Gasteiger partial charge in [-0.1, -0.05) is 26.0 Å². The minimum Gasteiger partial charge on any atom is -0.423 e. The molecule has 0 aliphatic carbocycles. The number of hydrogen-bond donors (Lipinski definition) is 0. The Bertz CT molecular complexity index is 752. The molecule has 0 bridgehead atoms. The SMILES string of the molecule is CCC(C)c1ccc(C(=O)Oc2cc(F)c([N+](=O)[O-])c(F)c2)cc1. The van der Waals surface area contributed by atoms with Gasteiger partial charge in [0.2, 0.25) is 11.6 Å². The number of esters is 1. The second-order valence-corrected chi connectivity index (χ2v) is 5.31. The molecule has 2 aromatic carbocycles. The quantitative estimate of drug-likeness (QED) is 0.346. The summed E-state index contributed by atoms with van der Waals surface area (Å²) in [4.78, 5) is 21.4. The summed E-state index contributed by atoms with van der Waals surface area (Å²) in [6, 6.07) is 7.88. The van der Waals surface area contributed by atoms with Gasteiger partial charge in [0.1, 0.15) is 5.75 Å². The Labute approximate surface area is 137 Å². The average molecular weight is 335 g/mol. The van der Waals surface area contributed by atoms with Gasteiger partial charge in [-0.25, -0.2) is 4.79 Å². The molecule has 0 fully saturated rings. The molecular weight excluding hydrogens is 320 g/mol. The van der Waals surface area contributed by atoms with Crippen LogP contribution >= 0.6 is 0 Å². The third-order valence-corrected chi connectivity index (χ3v) is 3.71. The topological polar surface area (TPSA) is 69.4 Å². The van der Waals surface area contributed by atoms with Crippen molar-refractivity contribution in [2.45, 2.75) is 26.2 Å². The maximum absolute atomic E-state index is 13.5. The van der Waals surface area contributed by atoms with Gasteiger partial charge in [0.05, 0.1) is 10.5 Å². The van der Waals surface area contributed by atoms with Gasteiger partial charge in [-0.3, -0.25) is 10.1 Å². The highest BCUT2D eigenvalue weighted by Gasteiger charge is 2.23. The number of benzene rings is 2. The standard InChI is InChI=1S/C17H15F2NO4/c1-3-10(2)11-4-6-12(7-5-11)17(21)24-13-8-14(18)16(20(22)23)15(19)9-13/h4-10H,3H2,1-2H3. The van der Waals surface area contributed by atoms with Crippen LogP contribution in [0, 0.1) is 21.7 Å². The molecule has 2 aromatic rings. The Morgan fingerprint density at radius 3 is 2.21 bits per heavy atom. The van der Waals surface area contributed by atoms with Crippen molar-refractivity contribution in [1.29, 1.82) is 0 Å². The fourth-order valence-electron chi connectivity index (χ4n) is 2.13. The van der Waals surface area contributed by atoms with Crippen LogP contribution in [0.5, 0.6) is 5.75 Å². The van der Waals surface area contributed by atoms with Crippen LogP contribution in [-0.4, -0.2) is 10.9 Å². The smallest absolute Gasteiger partial charge is 0.343 e. The Morgan fingerprint density at radius 2 is 1.75 bits per heavy atom. The first-order valence-electron chi connectivity index (χ1n) is 7.29. The van der Waals surface area contributed by atoms with Crippen molar-refractivity contribution in [2.75, 3.05) is 0 Å². The molecule has 0 amide bonds. The summed E-state index contributed by atoms with van der Waals surface area (Å²) in [7, 11) is 0. The van der Waals surface area contributed by atoms with Crippen LogP contribution < -0.4 is 4.74 Å². The molecule has 0 saturated heterocycles. The van der Waals surface area contributed by atoms with Gasteiger partial charge in [-0.15, -0.1) is 0 Å². The molecule has 0 N–H and O–H groups in total. The third-order valence-electron chi connectivity index (χ3n) is 3.71. The largest absolute Gasteiger partial charge is 0.423 e. The lowest BCUT2D eigenvalue weighted by Crippen LogP contribution is -2.09. The van der Waals surface area contributed by atoms with Crippen LogP contribution in [0.3, 0.4) is 0 Å². The Morgan fingerprint density at radius 1 is 1.21 bits per heavy atom. The molecule has 0 heterocycles. The fourth-order valence-corrected chi connectivity index (χ4v) is 2.13. The van der Waals surface area contributed by atoms with Crippen molar-refractivity contribution in [1.82, 2.24) is 0 Å². The van der Waals surface area contributed by atoms with E-state index < -0.39 is 34.0 Å². The van der Waals surface area contributed by atoms with E-state index in [2.05, 4.69) is 6.92 Å². The Hall–Kier alpha value is -2.83. The Balaban J connectivity index is 2.19. The summed E-state index contributed by atoms with van der Waals surface area (Å²) in [5.41, 5.74) is -0.0181. The van der Waals surface area contributed by atoms with E-state index in [9.17, 15) is 23.7 Å². The lowest BCUT2D eigenvalue weighted by atomic mass is 9.98. The number of nitro benzene ring substituents is 1. The maximum Gasteiger partial charge on any atom is 0.343 e. The molecule has 0 spiro atoms. The highest BCUT2D eigenvalue weighted by atomic mass is 19.1. The lowest BCUT2D eigenvalue weighted by Gasteiger charge is -2.10. The van der Waals surface area contributed by atoms with Gasteiger partial charge in [-0.05, 0) is 30.0 Å². The van der Waals surface area contributed by atoms with Gasteiger partial charge >= 0.3 is 11.7 Å². The minimum atomic E-state index is -1.41. The molecule has 0 saturated carbocycles. The summed E-state index contributed by atoms with van der Waals surface area (Å²) in [5.74, 6) is -3.72. The number of carbonyl (C=O) groups is 1. The van der Waals surface area contributed by atoms with Crippen molar-refractivity contribution in [3.63, 3.8) is 0 Å². The van der Waals surface area contributed by atoms with Crippen LogP contribution in [-0.2, 0) is 0 Å². The molecule has 0 aromatic heterocycles. The summed E-state index contributed by atoms with van der Waals surface area (Å²) in [6.45, 7) is 4.10. The first kappa shape index (κ1) is 17.5. The summed E-state index contributed by atoms with van der Waals surface area (Å²) in [6.07, 6.45) is 0.950. The normalized spacial score (nSPS) is 11.8. The molecule has 0 aliphatic heterocycles. The lowest BCUT2D eigenvalue weighted by molar-refractivity contribution is -0.390. The van der Waals surface area contributed by atoms with Crippen molar-refractivity contribution in [3.05, 3.63) is 69.3 Å². The maximum atomic E-state index is 13.5. The average Bonchev–Trinajstić information content (AvgIpc) is 2.53. The number of halogens is 2. The van der Waals surface area contributed by atoms with Crippen LogP contribution in [0.2, 0.25) is 0 Å². The van der Waals surface area contributed by atoms with E-state index in [0.29, 0.717) is 18.1 Å². The molecular formula is C17H15F2NO4. The molecule has 7 heteroatoms. The van der Waals surface area contributed by atoms with E-state index in [-0.39, 0.29) is 5.56 Å². The fraction of sp³-hybridized carbons (Fsp3) is 0.235. The van der Waals surface area contributed by atoms with E-state index in [1.165, 1.54) is 0 Å². The molecule has 126 valence electrons. The van der Waals surface area contributed by atoms with E-state index in [4.69, 9.17) is 4.74 Å². The number of hydrogen-bond acceptors (Lipinski definition) is 4. The molecule has 1 atom stereocenters. The van der Waals surface area contributed by atoms with E-state index in [1.807, 2.05) is 6.92 Å². The summed E-state index contributed by atoms with van der Waals surface area (Å²) >= 11 is 0. The van der Waals surface area contributed by atoms with Crippen molar-refractivity contribution in [3.8, 4) is 5.75 Å². The number of nitrogens with zero attached hydrogens (tertiary/aromatic N) is 1. The zero-order chi connectivity index (χ0) is 17.9. The predicted molar refractivity (Wildman–Crippen MR) is 83.1 cm³/mol. The Kier molecular flexibility index (Phi) is 5.23. The number of nitro groups is 1. The van der Waals surface area contributed by atoms with Crippen molar-refractivity contribution >= 4 is 11.7 Å². The van der Waals surface area contributed by atoms with Gasteiger partial charge in [0, 0.05) is 12.1 Å². The van der Waals surface area contributed by atoms with E-state index in [1.54, 1.807) is 24.3 Å². The number of ether oxygens (including phenoxy) is 1. The van der Waals surface area contributed by atoms with Gasteiger partial charge in [-0.2, -0.15) is 8.78 Å². The van der Waals surface area contributed by atoms with Gasteiger partial charge < -0.3 is 4.74 Å². The zero-order valence-corrected chi connectivity index (χ0v) is 13.1. The minimum absolute atomic E-state index is 0.209. The third kappa shape index (κ3) is 3.73. The first-order chi connectivity index (χ1) is 11.3. The molecule has 0 radical (unpaired) electrons. The number of rotatable bonds is 5. The van der Waals surface area contributed by atoms with Crippen molar-refractivity contribution < 1.29 is 23.2 Å². The summed E-state index contributed by atoms with van der Waals surface area (Å²) in [5, 5.41) is 10.5. The van der Waals surface area contributed by atoms with Crippen molar-refractivity contribution in [2.24, 2.45) is 0 Å². The molecule has 5 nitrogen and oxygen atoms in total. The van der Waals surface area contributed by atoms with E-state index >= 15 is 0 Å². The molecule has 24 heavy (non-hydrogen) atoms. The second-order valence-electron chi connectivity index (χ2n) is 5.31. The van der Waals surface area contributed by atoms with Gasteiger partial charge in [0.25, 0.3) is 0 Å². The van der Waals surface area contributed by atoms with Crippen LogP contribution in [0.25, 0.3) is 0 Å². The predicted octanol–water partition coefficient (Wildman–Crippen LogP) is 4.61. The number of carbonyl (C=O) groups excluding carboxylic acids is 1. The first-order valence-corrected chi connectivity index (χ1v) is 7.29. The molecule has 2 rings (SSSR count).